The highest BCUT2D eigenvalue weighted by atomic mass is 19.4. The molecule has 2 aliphatic rings. The molecule has 38 heavy (non-hydrogen) atoms. The van der Waals surface area contributed by atoms with Crippen LogP contribution < -0.4 is 0 Å². The van der Waals surface area contributed by atoms with Crippen LogP contribution in [0.1, 0.15) is 75.7 Å². The number of hydrogen-bond acceptors (Lipinski definition) is 2. The Balaban J connectivity index is 1.37. The van der Waals surface area contributed by atoms with E-state index in [0.29, 0.717) is 42.7 Å². The van der Waals surface area contributed by atoms with Crippen LogP contribution >= 0.6 is 0 Å². The normalized spacial score (nSPS) is 24.4. The van der Waals surface area contributed by atoms with E-state index in [1.165, 1.54) is 69.6 Å². The van der Waals surface area contributed by atoms with Crippen molar-refractivity contribution in [2.45, 2.75) is 70.8 Å². The number of hydrogen-bond donors (Lipinski definition) is 0. The first-order chi connectivity index (χ1) is 18.1. The van der Waals surface area contributed by atoms with Crippen LogP contribution in [-0.4, -0.2) is 19.4 Å². The molecule has 2 fully saturated rings. The quantitative estimate of drug-likeness (QED) is 0.245. The fraction of sp³-hybridized carbons (Fsp3) is 0.533. The van der Waals surface area contributed by atoms with Crippen molar-refractivity contribution in [1.82, 2.24) is 0 Å². The van der Waals surface area contributed by atoms with Gasteiger partial charge in [-0.25, -0.2) is 13.2 Å². The van der Waals surface area contributed by atoms with Gasteiger partial charge in [-0.15, -0.1) is 0 Å². The first-order valence-corrected chi connectivity index (χ1v) is 13.4. The van der Waals surface area contributed by atoms with E-state index in [4.69, 9.17) is 9.47 Å². The number of halogens is 6. The van der Waals surface area contributed by atoms with Gasteiger partial charge < -0.3 is 9.47 Å². The van der Waals surface area contributed by atoms with Crippen LogP contribution in [-0.2, 0) is 9.47 Å². The van der Waals surface area contributed by atoms with E-state index in [2.05, 4.69) is 13.5 Å². The third-order valence-electron chi connectivity index (χ3n) is 7.96. The van der Waals surface area contributed by atoms with Crippen LogP contribution in [0.5, 0.6) is 0 Å². The van der Waals surface area contributed by atoms with Crippen molar-refractivity contribution in [1.29, 1.82) is 0 Å². The average molecular weight is 541 g/mol. The summed E-state index contributed by atoms with van der Waals surface area (Å²) in [6.45, 7) is 6.00. The van der Waals surface area contributed by atoms with Gasteiger partial charge in [0.05, 0.1) is 24.4 Å². The number of allylic oxidation sites excluding steroid dienone is 1. The van der Waals surface area contributed by atoms with Crippen LogP contribution in [0.25, 0.3) is 16.7 Å². The van der Waals surface area contributed by atoms with Gasteiger partial charge in [0.1, 0.15) is 17.5 Å². The number of alkyl halides is 3. The van der Waals surface area contributed by atoms with E-state index >= 15 is 0 Å². The smallest absolute Gasteiger partial charge is 0.348 e. The molecule has 0 bridgehead atoms. The molecule has 0 radical (unpaired) electrons. The topological polar surface area (TPSA) is 18.5 Å². The Morgan fingerprint density at radius 2 is 1.50 bits per heavy atom. The fourth-order valence-electron chi connectivity index (χ4n) is 5.68. The minimum Gasteiger partial charge on any atom is -0.348 e. The fourth-order valence-corrected chi connectivity index (χ4v) is 5.68. The number of rotatable bonds is 8. The second-order valence-electron chi connectivity index (χ2n) is 10.6. The molecule has 0 N–H and O–H groups in total. The Morgan fingerprint density at radius 3 is 2.05 bits per heavy atom. The zero-order valence-electron chi connectivity index (χ0n) is 21.6. The molecule has 208 valence electrons. The van der Waals surface area contributed by atoms with Gasteiger partial charge in [0.2, 0.25) is 0 Å². The summed E-state index contributed by atoms with van der Waals surface area (Å²) >= 11 is 0. The third kappa shape index (κ3) is 6.63. The van der Waals surface area contributed by atoms with Crippen LogP contribution in [0.15, 0.2) is 36.9 Å². The van der Waals surface area contributed by atoms with Crippen LogP contribution in [0, 0.1) is 35.2 Å². The van der Waals surface area contributed by atoms with Gasteiger partial charge in [-0.3, -0.25) is 0 Å². The minimum atomic E-state index is -5.00. The molecule has 1 saturated heterocycles. The van der Waals surface area contributed by atoms with E-state index in [0.717, 1.165) is 5.92 Å². The summed E-state index contributed by atoms with van der Waals surface area (Å²) in [5.74, 6) is -2.06. The highest BCUT2D eigenvalue weighted by molar-refractivity contribution is 5.73. The monoisotopic (exact) mass is 540 g/mol. The van der Waals surface area contributed by atoms with Crippen molar-refractivity contribution in [3.8, 4) is 11.1 Å². The van der Waals surface area contributed by atoms with Crippen molar-refractivity contribution < 1.29 is 35.8 Å². The molecule has 2 nitrogen and oxygen atoms in total. The van der Waals surface area contributed by atoms with Gasteiger partial charge in [0.25, 0.3) is 0 Å². The maximum Gasteiger partial charge on any atom is 0.416 e. The highest BCUT2D eigenvalue weighted by Crippen LogP contribution is 2.40. The molecule has 0 amide bonds. The molecule has 4 rings (SSSR count). The van der Waals surface area contributed by atoms with Crippen molar-refractivity contribution in [2.24, 2.45) is 17.8 Å². The molecule has 0 atom stereocenters. The molecule has 1 aliphatic heterocycles. The Hall–Kier alpha value is -2.32. The first kappa shape index (κ1) is 28.7. The molecule has 0 aromatic heterocycles. The van der Waals surface area contributed by atoms with Crippen molar-refractivity contribution >= 4 is 5.57 Å². The Bertz CT molecular complexity index is 1090. The summed E-state index contributed by atoms with van der Waals surface area (Å²) in [5.41, 5.74) is -2.87. The highest BCUT2D eigenvalue weighted by Gasteiger charge is 2.37. The lowest BCUT2D eigenvalue weighted by Gasteiger charge is -2.38. The SMILES string of the molecule is C=C(c1c(F)cc(-c2ccc(C3OCC(C4CCC(CCCCC)CC4)CO3)cc2F)cc1F)C(F)(F)F. The number of benzene rings is 2. The standard InChI is InChI=1S/C30H34F6O2/c1-3-4-5-6-19-7-9-20(10-8-19)23-16-37-29(38-17-23)21-11-12-24(25(31)13-21)22-14-26(32)28(27(33)15-22)18(2)30(34,35)36/h11-15,19-20,23,29H,2-10,16-17H2,1H3. The van der Waals surface area contributed by atoms with Crippen LogP contribution in [0.4, 0.5) is 26.3 Å². The van der Waals surface area contributed by atoms with E-state index < -0.39 is 41.1 Å². The van der Waals surface area contributed by atoms with Gasteiger partial charge >= 0.3 is 6.18 Å². The number of unbranched alkanes of at least 4 members (excludes halogenated alkanes) is 2. The van der Waals surface area contributed by atoms with Gasteiger partial charge in [-0.1, -0.05) is 64.2 Å². The molecule has 0 unspecified atom stereocenters. The molecule has 2 aromatic carbocycles. The zero-order valence-corrected chi connectivity index (χ0v) is 21.6. The predicted molar refractivity (Wildman–Crippen MR) is 135 cm³/mol. The second kappa shape index (κ2) is 12.2. The molecular formula is C30H34F6O2. The summed E-state index contributed by atoms with van der Waals surface area (Å²) in [4.78, 5) is 0. The predicted octanol–water partition coefficient (Wildman–Crippen LogP) is 9.39. The third-order valence-corrected chi connectivity index (χ3v) is 7.96. The molecule has 2 aromatic rings. The molecule has 1 saturated carbocycles. The zero-order chi connectivity index (χ0) is 27.4. The maximum atomic E-state index is 15.0. The Kier molecular flexibility index (Phi) is 9.24. The summed E-state index contributed by atoms with van der Waals surface area (Å²) in [6.07, 6.45) is 4.23. The van der Waals surface area contributed by atoms with Gasteiger partial charge in [-0.2, -0.15) is 13.2 Å². The molecule has 1 heterocycles. The van der Waals surface area contributed by atoms with Crippen molar-refractivity contribution in [3.05, 3.63) is 65.5 Å². The molecule has 8 heteroatoms. The summed E-state index contributed by atoms with van der Waals surface area (Å²) in [7, 11) is 0. The molecule has 1 aliphatic carbocycles. The van der Waals surface area contributed by atoms with E-state index in [1.54, 1.807) is 0 Å². The second-order valence-corrected chi connectivity index (χ2v) is 10.6. The lowest BCUT2D eigenvalue weighted by Crippen LogP contribution is -2.34. The van der Waals surface area contributed by atoms with E-state index in [9.17, 15) is 26.3 Å². The van der Waals surface area contributed by atoms with E-state index in [-0.39, 0.29) is 11.1 Å². The van der Waals surface area contributed by atoms with Crippen LogP contribution in [0.3, 0.4) is 0 Å². The average Bonchev–Trinajstić information content (AvgIpc) is 2.88. The summed E-state index contributed by atoms with van der Waals surface area (Å²) < 4.78 is 94.3. The lowest BCUT2D eigenvalue weighted by atomic mass is 9.74. The largest absolute Gasteiger partial charge is 0.416 e. The molecular weight excluding hydrogens is 506 g/mol. The maximum absolute atomic E-state index is 15.0. The lowest BCUT2D eigenvalue weighted by molar-refractivity contribution is -0.214. The van der Waals surface area contributed by atoms with Gasteiger partial charge in [0.15, 0.2) is 6.29 Å². The van der Waals surface area contributed by atoms with Gasteiger partial charge in [0, 0.05) is 17.0 Å². The van der Waals surface area contributed by atoms with E-state index in [1.807, 2.05) is 0 Å². The number of ether oxygens (including phenoxy) is 2. The summed E-state index contributed by atoms with van der Waals surface area (Å²) in [5, 5.41) is 0. The Labute approximate surface area is 220 Å². The van der Waals surface area contributed by atoms with Crippen molar-refractivity contribution in [2.75, 3.05) is 13.2 Å². The summed E-state index contributed by atoms with van der Waals surface area (Å²) in [6, 6.07) is 5.35. The first-order valence-electron chi connectivity index (χ1n) is 13.4. The van der Waals surface area contributed by atoms with Gasteiger partial charge in [-0.05, 0) is 48.4 Å². The van der Waals surface area contributed by atoms with Crippen LogP contribution in [0.2, 0.25) is 0 Å². The Morgan fingerprint density at radius 1 is 0.868 bits per heavy atom. The van der Waals surface area contributed by atoms with Crippen molar-refractivity contribution in [3.63, 3.8) is 0 Å². The minimum absolute atomic E-state index is 0.153. The molecule has 0 spiro atoms.